The maximum absolute atomic E-state index is 5.45. The van der Waals surface area contributed by atoms with E-state index in [9.17, 15) is 0 Å². The average molecular weight is 184 g/mol. The van der Waals surface area contributed by atoms with Gasteiger partial charge in [-0.1, -0.05) is 41.2 Å². The molecule has 0 bridgehead atoms. The summed E-state index contributed by atoms with van der Waals surface area (Å²) in [7, 11) is 0. The van der Waals surface area contributed by atoms with Crippen molar-refractivity contribution in [2.75, 3.05) is 13.1 Å². The Morgan fingerprint density at radius 3 is 2.00 bits per heavy atom. The minimum Gasteiger partial charge on any atom is -0.387 e. The van der Waals surface area contributed by atoms with Crippen molar-refractivity contribution in [1.29, 1.82) is 0 Å². The van der Waals surface area contributed by atoms with Crippen LogP contribution >= 0.6 is 0 Å². The first-order chi connectivity index (χ1) is 5.70. The fraction of sp³-hybridized carbons (Fsp3) is 0.818. The van der Waals surface area contributed by atoms with E-state index in [4.69, 9.17) is 5.73 Å². The van der Waals surface area contributed by atoms with E-state index >= 15 is 0 Å². The molecule has 0 radical (unpaired) electrons. The lowest BCUT2D eigenvalue weighted by Crippen LogP contribution is -2.39. The Kier molecular flexibility index (Phi) is 3.98. The fourth-order valence-corrected chi connectivity index (χ4v) is 0.683. The van der Waals surface area contributed by atoms with Gasteiger partial charge in [0.15, 0.2) is 0 Å². The van der Waals surface area contributed by atoms with Crippen molar-refractivity contribution in [3.8, 4) is 0 Å². The summed E-state index contributed by atoms with van der Waals surface area (Å²) < 4.78 is 0. The first kappa shape index (κ1) is 12.5. The molecule has 0 atom stereocenters. The van der Waals surface area contributed by atoms with Gasteiger partial charge in [-0.05, 0) is 10.8 Å². The number of rotatable bonds is 4. The van der Waals surface area contributed by atoms with E-state index in [0.717, 1.165) is 12.2 Å². The Bertz CT molecular complexity index is 175. The molecule has 3 N–H and O–H groups in total. The van der Waals surface area contributed by atoms with Crippen molar-refractivity contribution in [2.24, 2.45) is 16.6 Å². The molecule has 0 unspecified atom stereocenters. The summed E-state index contributed by atoms with van der Waals surface area (Å²) in [4.78, 5) is 0. The second-order valence-electron chi connectivity index (χ2n) is 5.30. The summed E-state index contributed by atoms with van der Waals surface area (Å²) in [5.74, 6) is 0. The van der Waals surface area contributed by atoms with Crippen molar-refractivity contribution in [1.82, 2.24) is 5.32 Å². The van der Waals surface area contributed by atoms with Crippen LogP contribution in [0.4, 0.5) is 0 Å². The van der Waals surface area contributed by atoms with Crippen LogP contribution in [-0.4, -0.2) is 13.1 Å². The molecular formula is C11H24N2. The summed E-state index contributed by atoms with van der Waals surface area (Å²) in [6.07, 6.45) is 0. The van der Waals surface area contributed by atoms with Gasteiger partial charge in [0.2, 0.25) is 0 Å². The van der Waals surface area contributed by atoms with Crippen molar-refractivity contribution in [3.05, 3.63) is 12.3 Å². The lowest BCUT2D eigenvalue weighted by Gasteiger charge is -2.39. The second-order valence-corrected chi connectivity index (χ2v) is 5.30. The van der Waals surface area contributed by atoms with Crippen molar-refractivity contribution < 1.29 is 0 Å². The average Bonchev–Trinajstić information content (AvgIpc) is 1.98. The molecule has 0 saturated heterocycles. The quantitative estimate of drug-likeness (QED) is 0.702. The molecule has 0 aromatic carbocycles. The lowest BCUT2D eigenvalue weighted by molar-refractivity contribution is 0.133. The van der Waals surface area contributed by atoms with Gasteiger partial charge in [0.25, 0.3) is 0 Å². The Morgan fingerprint density at radius 1 is 1.23 bits per heavy atom. The van der Waals surface area contributed by atoms with Gasteiger partial charge in [-0.3, -0.25) is 0 Å². The number of nitrogens with one attached hydrogen (secondary N) is 1. The first-order valence-corrected chi connectivity index (χ1v) is 4.82. The number of hydrogen-bond acceptors (Lipinski definition) is 2. The van der Waals surface area contributed by atoms with Crippen LogP contribution in [-0.2, 0) is 0 Å². The highest BCUT2D eigenvalue weighted by atomic mass is 14.9. The lowest BCUT2D eigenvalue weighted by atomic mass is 9.69. The van der Waals surface area contributed by atoms with Crippen LogP contribution < -0.4 is 11.1 Å². The van der Waals surface area contributed by atoms with Gasteiger partial charge < -0.3 is 11.1 Å². The van der Waals surface area contributed by atoms with Crippen LogP contribution in [0.25, 0.3) is 0 Å². The van der Waals surface area contributed by atoms with Gasteiger partial charge in [0, 0.05) is 18.8 Å². The van der Waals surface area contributed by atoms with Crippen LogP contribution in [0.3, 0.4) is 0 Å². The van der Waals surface area contributed by atoms with Crippen molar-refractivity contribution >= 4 is 0 Å². The molecule has 0 saturated carbocycles. The molecule has 0 aromatic heterocycles. The summed E-state index contributed by atoms with van der Waals surface area (Å²) in [5.41, 5.74) is 6.89. The standard InChI is InChI=1S/C11H24N2/c1-9(7-12)13-8-11(5,6)10(2,3)4/h13H,1,7-8,12H2,2-6H3. The van der Waals surface area contributed by atoms with Gasteiger partial charge in [-0.2, -0.15) is 0 Å². The summed E-state index contributed by atoms with van der Waals surface area (Å²) in [6.45, 7) is 16.5. The van der Waals surface area contributed by atoms with E-state index in [1.807, 2.05) is 0 Å². The van der Waals surface area contributed by atoms with Gasteiger partial charge in [0.05, 0.1) is 0 Å². The fourth-order valence-electron chi connectivity index (χ4n) is 0.683. The predicted octanol–water partition coefficient (Wildman–Crippen LogP) is 2.12. The van der Waals surface area contributed by atoms with Crippen LogP contribution in [0, 0.1) is 10.8 Å². The summed E-state index contributed by atoms with van der Waals surface area (Å²) in [6, 6.07) is 0. The van der Waals surface area contributed by atoms with Crippen LogP contribution in [0.2, 0.25) is 0 Å². The Balaban J connectivity index is 4.12. The van der Waals surface area contributed by atoms with Crippen molar-refractivity contribution in [3.63, 3.8) is 0 Å². The van der Waals surface area contributed by atoms with Crippen LogP contribution in [0.15, 0.2) is 12.3 Å². The van der Waals surface area contributed by atoms with Gasteiger partial charge in [0.1, 0.15) is 0 Å². The third kappa shape index (κ3) is 3.81. The summed E-state index contributed by atoms with van der Waals surface area (Å²) >= 11 is 0. The molecule has 2 nitrogen and oxygen atoms in total. The van der Waals surface area contributed by atoms with E-state index in [1.165, 1.54) is 0 Å². The number of nitrogens with two attached hydrogens (primary N) is 1. The molecule has 2 heteroatoms. The highest BCUT2D eigenvalue weighted by Gasteiger charge is 2.32. The maximum atomic E-state index is 5.45. The van der Waals surface area contributed by atoms with Crippen molar-refractivity contribution in [2.45, 2.75) is 34.6 Å². The molecule has 0 spiro atoms. The maximum Gasteiger partial charge on any atom is 0.0322 e. The zero-order valence-corrected chi connectivity index (χ0v) is 9.70. The topological polar surface area (TPSA) is 38.0 Å². The van der Waals surface area contributed by atoms with E-state index < -0.39 is 0 Å². The Morgan fingerprint density at radius 2 is 1.69 bits per heavy atom. The van der Waals surface area contributed by atoms with E-state index in [2.05, 4.69) is 46.5 Å². The predicted molar refractivity (Wildman–Crippen MR) is 59.4 cm³/mol. The highest BCUT2D eigenvalue weighted by Crippen LogP contribution is 2.37. The molecule has 0 aliphatic rings. The highest BCUT2D eigenvalue weighted by molar-refractivity contribution is 4.95. The molecule has 0 aromatic rings. The molecule has 0 fully saturated rings. The zero-order chi connectivity index (χ0) is 10.7. The first-order valence-electron chi connectivity index (χ1n) is 4.82. The normalized spacial score (nSPS) is 12.8. The zero-order valence-electron chi connectivity index (χ0n) is 9.70. The van der Waals surface area contributed by atoms with Gasteiger partial charge in [-0.25, -0.2) is 0 Å². The smallest absolute Gasteiger partial charge is 0.0322 e. The monoisotopic (exact) mass is 184 g/mol. The molecule has 0 aliphatic heterocycles. The van der Waals surface area contributed by atoms with E-state index in [-0.39, 0.29) is 10.8 Å². The molecule has 0 rings (SSSR count). The number of hydrogen-bond donors (Lipinski definition) is 2. The molecule has 0 heterocycles. The third-order valence-corrected chi connectivity index (χ3v) is 3.06. The minimum atomic E-state index is 0.241. The summed E-state index contributed by atoms with van der Waals surface area (Å²) in [5, 5.41) is 3.26. The minimum absolute atomic E-state index is 0.241. The Hall–Kier alpha value is -0.500. The van der Waals surface area contributed by atoms with Crippen LogP contribution in [0.5, 0.6) is 0 Å². The third-order valence-electron chi connectivity index (χ3n) is 3.06. The van der Waals surface area contributed by atoms with Gasteiger partial charge in [-0.15, -0.1) is 0 Å². The molecule has 13 heavy (non-hydrogen) atoms. The second kappa shape index (κ2) is 4.14. The molecule has 0 aliphatic carbocycles. The van der Waals surface area contributed by atoms with Gasteiger partial charge >= 0.3 is 0 Å². The SMILES string of the molecule is C=C(CN)NCC(C)(C)C(C)(C)C. The molecule has 0 amide bonds. The molecular weight excluding hydrogens is 160 g/mol. The van der Waals surface area contributed by atoms with E-state index in [0.29, 0.717) is 6.54 Å². The molecule has 78 valence electrons. The van der Waals surface area contributed by atoms with Crippen LogP contribution in [0.1, 0.15) is 34.6 Å². The van der Waals surface area contributed by atoms with E-state index in [1.54, 1.807) is 0 Å². The Labute approximate surface area is 82.6 Å². The largest absolute Gasteiger partial charge is 0.387 e.